The Morgan fingerprint density at radius 2 is 1.64 bits per heavy atom. The number of fused-ring (bicyclic) bond motifs is 4. The Kier molecular flexibility index (Phi) is 2.01. The number of hydrazine groups is 1. The Balaban J connectivity index is 1.87. The van der Waals surface area contributed by atoms with E-state index >= 15 is 0 Å². The molecule has 4 aromatic rings. The van der Waals surface area contributed by atoms with Gasteiger partial charge in [-0.1, -0.05) is 5.22 Å². The van der Waals surface area contributed by atoms with Crippen molar-refractivity contribution >= 4 is 44.6 Å². The van der Waals surface area contributed by atoms with E-state index in [0.29, 0.717) is 28.4 Å². The van der Waals surface area contributed by atoms with Crippen molar-refractivity contribution in [3.63, 3.8) is 0 Å². The quantitative estimate of drug-likeness (QED) is 0.466. The highest BCUT2D eigenvalue weighted by atomic mass is 15.6. The van der Waals surface area contributed by atoms with E-state index < -0.39 is 0 Å². The van der Waals surface area contributed by atoms with Gasteiger partial charge in [-0.25, -0.2) is 20.5 Å². The molecule has 4 aromatic heterocycles. The molecule has 0 saturated heterocycles. The lowest BCUT2D eigenvalue weighted by Gasteiger charge is -2.11. The van der Waals surface area contributed by atoms with Gasteiger partial charge in [0.15, 0.2) is 22.8 Å². The number of hydrogen-bond acceptors (Lipinski definition) is 10. The maximum absolute atomic E-state index is 4.49. The molecule has 5 heterocycles. The first kappa shape index (κ1) is 11.1. The summed E-state index contributed by atoms with van der Waals surface area (Å²) < 4.78 is 0. The maximum atomic E-state index is 4.49. The molecule has 10 nitrogen and oxygen atoms in total. The zero-order valence-corrected chi connectivity index (χ0v) is 10.9. The molecule has 22 heavy (non-hydrogen) atoms. The van der Waals surface area contributed by atoms with Gasteiger partial charge in [-0.15, -0.1) is 15.3 Å². The van der Waals surface area contributed by atoms with Crippen LogP contribution in [0.25, 0.3) is 33.1 Å². The zero-order chi connectivity index (χ0) is 14.5. The maximum Gasteiger partial charge on any atom is 0.187 e. The van der Waals surface area contributed by atoms with Crippen molar-refractivity contribution in [1.29, 1.82) is 0 Å². The molecule has 0 atom stereocenters. The van der Waals surface area contributed by atoms with Gasteiger partial charge in [-0.05, 0) is 23.4 Å². The van der Waals surface area contributed by atoms with Crippen LogP contribution in [0.5, 0.6) is 0 Å². The first-order chi connectivity index (χ1) is 10.9. The number of pyridine rings is 3. The SMILES string of the molecule is c1nnnc2nc3nc4nc5c(cc4cc3cc12)N=NNN5. The van der Waals surface area contributed by atoms with Crippen LogP contribution in [0.15, 0.2) is 34.7 Å². The Labute approximate surface area is 121 Å². The van der Waals surface area contributed by atoms with E-state index in [9.17, 15) is 0 Å². The summed E-state index contributed by atoms with van der Waals surface area (Å²) in [5.74, 6) is 0.569. The highest BCUT2D eigenvalue weighted by Gasteiger charge is 2.12. The van der Waals surface area contributed by atoms with Crippen molar-refractivity contribution in [3.8, 4) is 0 Å². The van der Waals surface area contributed by atoms with E-state index in [-0.39, 0.29) is 0 Å². The van der Waals surface area contributed by atoms with E-state index in [2.05, 4.69) is 51.7 Å². The molecule has 2 N–H and O–H groups in total. The molecule has 10 heteroatoms. The van der Waals surface area contributed by atoms with Gasteiger partial charge in [-0.2, -0.15) is 0 Å². The Hall–Kier alpha value is -3.56. The first-order valence-corrected chi connectivity index (χ1v) is 6.39. The first-order valence-electron chi connectivity index (χ1n) is 6.39. The van der Waals surface area contributed by atoms with Gasteiger partial charge >= 0.3 is 0 Å². The van der Waals surface area contributed by atoms with Crippen molar-refractivity contribution in [2.24, 2.45) is 10.3 Å². The van der Waals surface area contributed by atoms with Gasteiger partial charge in [0.05, 0.1) is 6.20 Å². The third kappa shape index (κ3) is 1.54. The Morgan fingerprint density at radius 3 is 2.64 bits per heavy atom. The smallest absolute Gasteiger partial charge is 0.187 e. The molecule has 0 aromatic carbocycles. The summed E-state index contributed by atoms with van der Waals surface area (Å²) in [6.45, 7) is 0. The molecular weight excluding hydrogens is 284 g/mol. The minimum absolute atomic E-state index is 0.501. The van der Waals surface area contributed by atoms with Crippen molar-refractivity contribution in [3.05, 3.63) is 24.4 Å². The van der Waals surface area contributed by atoms with Crippen LogP contribution >= 0.6 is 0 Å². The minimum atomic E-state index is 0.501. The molecule has 1 aliphatic heterocycles. The summed E-state index contributed by atoms with van der Waals surface area (Å²) in [6, 6.07) is 5.75. The Morgan fingerprint density at radius 1 is 0.818 bits per heavy atom. The van der Waals surface area contributed by atoms with Crippen LogP contribution in [0.1, 0.15) is 0 Å². The van der Waals surface area contributed by atoms with Gasteiger partial charge in [0.2, 0.25) is 0 Å². The fourth-order valence-corrected chi connectivity index (χ4v) is 2.35. The molecule has 0 spiro atoms. The van der Waals surface area contributed by atoms with Crippen molar-refractivity contribution in [1.82, 2.24) is 35.9 Å². The lowest BCUT2D eigenvalue weighted by atomic mass is 10.2. The molecule has 0 unspecified atom stereocenters. The standard InChI is InChI=1S/C12H6N10/c1-5-2-7-4-13-20-18-11(7)15-9(5)14-10-6(1)3-8-12(16-10)19-22-21-17-8/h1-4H,(H,17,22)(H,13,14,15,16,18,19,21). The number of rotatable bonds is 0. The fourth-order valence-electron chi connectivity index (χ4n) is 2.35. The van der Waals surface area contributed by atoms with Crippen molar-refractivity contribution < 1.29 is 0 Å². The van der Waals surface area contributed by atoms with Crippen LogP contribution in [-0.4, -0.2) is 30.4 Å². The van der Waals surface area contributed by atoms with E-state index in [1.165, 1.54) is 0 Å². The largest absolute Gasteiger partial charge is 0.265 e. The molecule has 0 radical (unpaired) electrons. The van der Waals surface area contributed by atoms with Gasteiger partial charge in [-0.3, -0.25) is 5.43 Å². The summed E-state index contributed by atoms with van der Waals surface area (Å²) >= 11 is 0. The van der Waals surface area contributed by atoms with Crippen LogP contribution in [0.4, 0.5) is 11.5 Å². The second-order valence-electron chi connectivity index (χ2n) is 4.71. The molecular formula is C12H6N10. The average Bonchev–Trinajstić information content (AvgIpc) is 2.56. The summed E-state index contributed by atoms with van der Waals surface area (Å²) in [5, 5.41) is 21.5. The van der Waals surface area contributed by atoms with Crippen LogP contribution in [0, 0.1) is 0 Å². The predicted octanol–water partition coefficient (Wildman–Crippen LogP) is 1.44. The molecule has 0 amide bonds. The van der Waals surface area contributed by atoms with Crippen molar-refractivity contribution in [2.45, 2.75) is 0 Å². The summed E-state index contributed by atoms with van der Waals surface area (Å²) in [5.41, 5.74) is 7.63. The van der Waals surface area contributed by atoms with E-state index in [1.54, 1.807) is 6.20 Å². The van der Waals surface area contributed by atoms with Gasteiger partial charge in [0.1, 0.15) is 5.69 Å². The molecule has 0 bridgehead atoms. The van der Waals surface area contributed by atoms with Gasteiger partial charge in [0, 0.05) is 16.2 Å². The number of nitrogens with one attached hydrogen (secondary N) is 2. The highest BCUT2D eigenvalue weighted by Crippen LogP contribution is 2.30. The number of nitrogens with zero attached hydrogens (tertiary/aromatic N) is 8. The van der Waals surface area contributed by atoms with Crippen molar-refractivity contribution in [2.75, 3.05) is 5.43 Å². The second kappa shape index (κ2) is 3.97. The third-order valence-corrected chi connectivity index (χ3v) is 3.34. The molecule has 0 aliphatic carbocycles. The van der Waals surface area contributed by atoms with E-state index in [0.717, 1.165) is 16.2 Å². The monoisotopic (exact) mass is 290 g/mol. The minimum Gasteiger partial charge on any atom is -0.265 e. The summed E-state index contributed by atoms with van der Waals surface area (Å²) in [6.07, 6.45) is 1.62. The van der Waals surface area contributed by atoms with E-state index in [4.69, 9.17) is 0 Å². The second-order valence-corrected chi connectivity index (χ2v) is 4.71. The van der Waals surface area contributed by atoms with Crippen LogP contribution in [-0.2, 0) is 0 Å². The molecule has 0 fully saturated rings. The highest BCUT2D eigenvalue weighted by molar-refractivity contribution is 5.96. The van der Waals surface area contributed by atoms with Crippen LogP contribution in [0.2, 0.25) is 0 Å². The van der Waals surface area contributed by atoms with Gasteiger partial charge in [0.25, 0.3) is 0 Å². The fraction of sp³-hybridized carbons (Fsp3) is 0. The molecule has 0 saturated carbocycles. The van der Waals surface area contributed by atoms with Crippen LogP contribution < -0.4 is 11.0 Å². The summed E-state index contributed by atoms with van der Waals surface area (Å²) in [4.78, 5) is 13.3. The Bertz CT molecular complexity index is 1090. The third-order valence-electron chi connectivity index (χ3n) is 3.34. The number of aromatic nitrogens is 6. The zero-order valence-electron chi connectivity index (χ0n) is 10.9. The van der Waals surface area contributed by atoms with Crippen LogP contribution in [0.3, 0.4) is 0 Å². The number of anilines is 1. The lowest BCUT2D eigenvalue weighted by molar-refractivity contribution is 0.777. The van der Waals surface area contributed by atoms with E-state index in [1.807, 2.05) is 18.2 Å². The molecule has 1 aliphatic rings. The predicted molar refractivity (Wildman–Crippen MR) is 77.0 cm³/mol. The normalized spacial score (nSPS) is 13.1. The lowest BCUT2D eigenvalue weighted by Crippen LogP contribution is -2.17. The molecule has 104 valence electrons. The van der Waals surface area contributed by atoms with Gasteiger partial charge < -0.3 is 0 Å². The average molecular weight is 290 g/mol. The summed E-state index contributed by atoms with van der Waals surface area (Å²) in [7, 11) is 0. The molecule has 5 rings (SSSR count). The topological polar surface area (TPSA) is 126 Å². The number of hydrogen-bond donors (Lipinski definition) is 2.